The number of carbonyl (C=O) groups excluding carboxylic acids is 9. The highest BCUT2D eigenvalue weighted by Gasteiger charge is 2.54. The molecule has 0 radical (unpaired) electrons. The van der Waals surface area contributed by atoms with Gasteiger partial charge in [-0.05, 0) is 129 Å². The van der Waals surface area contributed by atoms with Gasteiger partial charge in [-0.15, -0.1) is 0 Å². The number of hydrogen-bond acceptors (Lipinski definition) is 11. The van der Waals surface area contributed by atoms with Gasteiger partial charge in [-0.3, -0.25) is 33.6 Å². The standard InChI is InChI=1S/C60H104N8O11/c1-34(2)53(20,62-45(71)55(22,36(5)6)64-47(73)57(24,38(9)10)66-49(75)59(26,40(13)14)68-51(77)78-33-42-31-29-28-30-32-42)43(69)61-54(21,35(3)4)44(70)63-56(23,37(7)8)46(72)65-58(25,39(11)12)48(74)67-60(27,41(15)16)50(76)79-52(17,18)19/h28-32,34-41H,33H2,1-27H3,(H,61,69)(H,62,71)(H,63,70)(H,64,73)(H,65,72)(H,66,75)(H,67,74)(H,68,77)/t53-,54-,55-,56-,57-,58-,59-,60-/m0/s1. The van der Waals surface area contributed by atoms with Crippen molar-refractivity contribution in [2.75, 3.05) is 0 Å². The molecule has 8 atom stereocenters. The summed E-state index contributed by atoms with van der Waals surface area (Å²) >= 11 is 0. The lowest BCUT2D eigenvalue weighted by atomic mass is 9.79. The van der Waals surface area contributed by atoms with Crippen molar-refractivity contribution in [1.82, 2.24) is 42.5 Å². The quantitative estimate of drug-likeness (QED) is 0.0424. The summed E-state index contributed by atoms with van der Waals surface area (Å²) < 4.78 is 11.2. The van der Waals surface area contributed by atoms with E-state index in [0.29, 0.717) is 0 Å². The molecule has 0 spiro atoms. The molecule has 1 aromatic carbocycles. The fourth-order valence-corrected chi connectivity index (χ4v) is 7.59. The lowest BCUT2D eigenvalue weighted by Crippen LogP contribution is -2.74. The van der Waals surface area contributed by atoms with Crippen molar-refractivity contribution >= 4 is 53.4 Å². The maximum absolute atomic E-state index is 14.9. The highest BCUT2D eigenvalue weighted by Crippen LogP contribution is 2.31. The summed E-state index contributed by atoms with van der Waals surface area (Å²) in [6, 6.07) is 9.05. The summed E-state index contributed by atoms with van der Waals surface area (Å²) in [5.41, 5.74) is -13.2. The second-order valence-electron chi connectivity index (χ2n) is 26.7. The number of amides is 8. The SMILES string of the molecule is CC(C)[C@](C)(NC(=O)OCc1ccccc1)C(=O)N[C@](C)(C(=O)N[C@](C)(C(=O)N[C@](C)(C(=O)N[C@](C)(C(=O)N[C@](C)(C(=O)N[C@](C)(C(=O)N[C@](C)(C(=O)OC(C)(C)C)C(C)C)C(C)C)C(C)C)C(C)C)C(C)C)C(C)C)C(C)C. The molecule has 0 saturated carbocycles. The van der Waals surface area contributed by atoms with Gasteiger partial charge in [0.05, 0.1) is 0 Å². The van der Waals surface area contributed by atoms with E-state index in [9.17, 15) is 43.2 Å². The van der Waals surface area contributed by atoms with Gasteiger partial charge >= 0.3 is 12.1 Å². The fourth-order valence-electron chi connectivity index (χ4n) is 7.59. The highest BCUT2D eigenvalue weighted by atomic mass is 16.6. The molecule has 8 amide bonds. The Labute approximate surface area is 473 Å². The first-order valence-corrected chi connectivity index (χ1v) is 28.0. The normalized spacial score (nSPS) is 18.3. The van der Waals surface area contributed by atoms with Crippen LogP contribution in [0.5, 0.6) is 0 Å². The zero-order valence-electron chi connectivity index (χ0n) is 53.2. The number of esters is 1. The van der Waals surface area contributed by atoms with Crippen LogP contribution in [-0.4, -0.2) is 103 Å². The molecule has 1 aromatic rings. The molecule has 0 aromatic heterocycles. The minimum absolute atomic E-state index is 0.0327. The first-order valence-electron chi connectivity index (χ1n) is 28.0. The Kier molecular flexibility index (Phi) is 23.7. The van der Waals surface area contributed by atoms with Crippen LogP contribution in [0.3, 0.4) is 0 Å². The second kappa shape index (κ2) is 26.2. The fraction of sp³-hybridized carbons (Fsp3) is 0.750. The van der Waals surface area contributed by atoms with Crippen molar-refractivity contribution in [3.63, 3.8) is 0 Å². The van der Waals surface area contributed by atoms with Crippen molar-refractivity contribution in [3.8, 4) is 0 Å². The van der Waals surface area contributed by atoms with E-state index in [1.165, 1.54) is 41.5 Å². The minimum Gasteiger partial charge on any atom is -0.458 e. The van der Waals surface area contributed by atoms with Crippen molar-refractivity contribution in [2.24, 2.45) is 47.3 Å². The van der Waals surface area contributed by atoms with Gasteiger partial charge in [-0.2, -0.15) is 0 Å². The summed E-state index contributed by atoms with van der Waals surface area (Å²) in [6.45, 7) is 45.3. The molecule has 8 N–H and O–H groups in total. The molecule has 19 nitrogen and oxygen atoms in total. The monoisotopic (exact) mass is 1110 g/mol. The number of nitrogens with one attached hydrogen (secondary N) is 8. The van der Waals surface area contributed by atoms with E-state index in [1.54, 1.807) is 158 Å². The van der Waals surface area contributed by atoms with Gasteiger partial charge in [0.1, 0.15) is 56.5 Å². The largest absolute Gasteiger partial charge is 0.458 e. The van der Waals surface area contributed by atoms with E-state index < -0.39 is 151 Å². The lowest BCUT2D eigenvalue weighted by molar-refractivity contribution is -0.167. The van der Waals surface area contributed by atoms with Gasteiger partial charge in [0.15, 0.2) is 0 Å². The zero-order chi connectivity index (χ0) is 62.2. The van der Waals surface area contributed by atoms with Gasteiger partial charge in [-0.1, -0.05) is 141 Å². The van der Waals surface area contributed by atoms with Crippen LogP contribution in [0.15, 0.2) is 30.3 Å². The van der Waals surface area contributed by atoms with Crippen LogP contribution >= 0.6 is 0 Å². The minimum atomic E-state index is -1.72. The van der Waals surface area contributed by atoms with Gasteiger partial charge in [0.25, 0.3) is 0 Å². The van der Waals surface area contributed by atoms with E-state index in [1.807, 2.05) is 18.2 Å². The van der Waals surface area contributed by atoms with Crippen LogP contribution in [0.1, 0.15) is 193 Å². The highest BCUT2D eigenvalue weighted by molar-refractivity contribution is 6.03. The summed E-state index contributed by atoms with van der Waals surface area (Å²) in [7, 11) is 0. The Hall–Kier alpha value is -5.75. The summed E-state index contributed by atoms with van der Waals surface area (Å²) in [4.78, 5) is 129. The Balaban J connectivity index is 3.64. The van der Waals surface area contributed by atoms with Crippen LogP contribution < -0.4 is 42.5 Å². The van der Waals surface area contributed by atoms with Gasteiger partial charge < -0.3 is 52.0 Å². The van der Waals surface area contributed by atoms with Gasteiger partial charge in [-0.25, -0.2) is 9.59 Å². The van der Waals surface area contributed by atoms with Crippen molar-refractivity contribution < 1.29 is 52.6 Å². The third-order valence-electron chi connectivity index (χ3n) is 17.5. The van der Waals surface area contributed by atoms with E-state index in [-0.39, 0.29) is 6.61 Å². The predicted octanol–water partition coefficient (Wildman–Crippen LogP) is 7.39. The number of hydrogen-bond donors (Lipinski definition) is 8. The summed E-state index contributed by atoms with van der Waals surface area (Å²) in [6.07, 6.45) is -0.833. The molecule has 0 saturated heterocycles. The lowest BCUT2D eigenvalue weighted by Gasteiger charge is -2.45. The molecular weight excluding hydrogens is 1010 g/mol. The summed E-state index contributed by atoms with van der Waals surface area (Å²) in [5, 5.41) is 23.1. The number of alkyl carbamates (subject to hydrolysis) is 1. The van der Waals surface area contributed by atoms with E-state index in [0.717, 1.165) is 5.56 Å². The maximum Gasteiger partial charge on any atom is 0.408 e. The third kappa shape index (κ3) is 16.2. The molecule has 1 rings (SSSR count). The molecular formula is C60H104N8O11. The van der Waals surface area contributed by atoms with Gasteiger partial charge in [0, 0.05) is 0 Å². The number of carbonyl (C=O) groups is 9. The Bertz CT molecular complexity index is 2370. The number of rotatable bonds is 26. The van der Waals surface area contributed by atoms with Crippen LogP contribution in [0, 0.1) is 47.3 Å². The molecule has 0 fully saturated rings. The molecule has 79 heavy (non-hydrogen) atoms. The van der Waals surface area contributed by atoms with E-state index in [2.05, 4.69) is 42.5 Å². The molecule has 0 unspecified atom stereocenters. The average Bonchev–Trinajstić information content (AvgIpc) is 3.31. The molecule has 0 aliphatic heterocycles. The van der Waals surface area contributed by atoms with Crippen LogP contribution in [-0.2, 0) is 54.4 Å². The zero-order valence-corrected chi connectivity index (χ0v) is 53.2. The maximum atomic E-state index is 14.9. The Morgan fingerprint density at radius 3 is 0.734 bits per heavy atom. The molecule has 0 aliphatic rings. The van der Waals surface area contributed by atoms with E-state index >= 15 is 0 Å². The predicted molar refractivity (Wildman–Crippen MR) is 309 cm³/mol. The molecule has 19 heteroatoms. The smallest absolute Gasteiger partial charge is 0.408 e. The number of benzene rings is 1. The second-order valence-corrected chi connectivity index (χ2v) is 26.7. The van der Waals surface area contributed by atoms with Crippen molar-refractivity contribution in [2.45, 2.75) is 243 Å². The van der Waals surface area contributed by atoms with Crippen LogP contribution in [0.2, 0.25) is 0 Å². The topological polar surface area (TPSA) is 268 Å². The van der Waals surface area contributed by atoms with Crippen LogP contribution in [0.25, 0.3) is 0 Å². The Morgan fingerprint density at radius 2 is 0.532 bits per heavy atom. The first kappa shape index (κ1) is 71.3. The Morgan fingerprint density at radius 1 is 0.329 bits per heavy atom. The molecule has 0 heterocycles. The molecule has 0 aliphatic carbocycles. The van der Waals surface area contributed by atoms with E-state index in [4.69, 9.17) is 9.47 Å². The first-order chi connectivity index (χ1) is 35.5. The summed E-state index contributed by atoms with van der Waals surface area (Å²) in [5.74, 6) is -9.89. The molecule has 0 bridgehead atoms. The molecule has 450 valence electrons. The van der Waals surface area contributed by atoms with Crippen LogP contribution in [0.4, 0.5) is 4.79 Å². The van der Waals surface area contributed by atoms with Gasteiger partial charge in [0.2, 0.25) is 41.4 Å². The average molecular weight is 1110 g/mol. The number of ether oxygens (including phenoxy) is 2. The van der Waals surface area contributed by atoms with Crippen molar-refractivity contribution in [3.05, 3.63) is 35.9 Å². The van der Waals surface area contributed by atoms with Crippen molar-refractivity contribution in [1.29, 1.82) is 0 Å². The third-order valence-corrected chi connectivity index (χ3v) is 17.5.